The van der Waals surface area contributed by atoms with Gasteiger partial charge in [0.25, 0.3) is 0 Å². The molecule has 0 aliphatic rings. The van der Waals surface area contributed by atoms with Gasteiger partial charge in [0, 0.05) is 28.2 Å². The van der Waals surface area contributed by atoms with Crippen LogP contribution in [0.1, 0.15) is 37.6 Å². The third-order valence-corrected chi connectivity index (χ3v) is 6.90. The average molecular weight is 457 g/mol. The summed E-state index contributed by atoms with van der Waals surface area (Å²) in [6.45, 7) is 10.9. The second-order valence-corrected chi connectivity index (χ2v) is 10.4. The first kappa shape index (κ1) is 21.5. The molecule has 6 rings (SSSR count). The molecule has 3 aromatic heterocycles. The molecule has 0 spiro atoms. The van der Waals surface area contributed by atoms with E-state index < -0.39 is 0 Å². The highest BCUT2D eigenvalue weighted by atomic mass is 16.3. The molecule has 0 bridgehead atoms. The zero-order chi connectivity index (χ0) is 24.3. The lowest BCUT2D eigenvalue weighted by Gasteiger charge is -2.23. The molecule has 0 saturated heterocycles. The van der Waals surface area contributed by atoms with E-state index in [1.54, 1.807) is 0 Å². The summed E-state index contributed by atoms with van der Waals surface area (Å²) in [6.07, 6.45) is 1.97. The van der Waals surface area contributed by atoms with Crippen LogP contribution < -0.4 is 0 Å². The molecule has 0 amide bonds. The van der Waals surface area contributed by atoms with Crippen molar-refractivity contribution in [1.82, 2.24) is 9.97 Å². The Morgan fingerprint density at radius 1 is 0.686 bits per heavy atom. The molecule has 0 aliphatic carbocycles. The molecule has 3 nitrogen and oxygen atoms in total. The van der Waals surface area contributed by atoms with Gasteiger partial charge in [0.2, 0.25) is 5.71 Å². The lowest BCUT2D eigenvalue weighted by molar-refractivity contribution is 0.596. The van der Waals surface area contributed by atoms with Gasteiger partial charge < -0.3 is 4.42 Å². The van der Waals surface area contributed by atoms with E-state index in [4.69, 9.17) is 9.40 Å². The monoisotopic (exact) mass is 456 g/mol. The maximum absolute atomic E-state index is 6.27. The minimum absolute atomic E-state index is 0.0694. The maximum Gasteiger partial charge on any atom is 0.227 e. The predicted molar refractivity (Wildman–Crippen MR) is 146 cm³/mol. The number of hydrogen-bond acceptors (Lipinski definition) is 3. The van der Waals surface area contributed by atoms with E-state index in [1.807, 2.05) is 19.2 Å². The zero-order valence-electron chi connectivity index (χ0n) is 20.8. The molecule has 0 saturated carbocycles. The van der Waals surface area contributed by atoms with Crippen molar-refractivity contribution < 1.29 is 4.42 Å². The van der Waals surface area contributed by atoms with Crippen LogP contribution >= 0.6 is 0 Å². The quantitative estimate of drug-likeness (QED) is 0.261. The van der Waals surface area contributed by atoms with Crippen molar-refractivity contribution in [3.8, 4) is 22.4 Å². The Bertz CT molecular complexity index is 1750. The largest absolute Gasteiger partial charge is 0.437 e. The van der Waals surface area contributed by atoms with Crippen LogP contribution in [0.3, 0.4) is 0 Å². The van der Waals surface area contributed by atoms with Crippen LogP contribution in [0.25, 0.3) is 55.2 Å². The van der Waals surface area contributed by atoms with E-state index in [9.17, 15) is 0 Å². The molecule has 0 unspecified atom stereocenters. The molecule has 0 atom stereocenters. The summed E-state index contributed by atoms with van der Waals surface area (Å²) in [5.74, 6) is 0. The van der Waals surface area contributed by atoms with E-state index in [0.717, 1.165) is 38.9 Å². The molecule has 6 aromatic rings. The fourth-order valence-electron chi connectivity index (χ4n) is 5.12. The molecule has 0 fully saturated rings. The van der Waals surface area contributed by atoms with Crippen molar-refractivity contribution in [2.24, 2.45) is 0 Å². The first-order valence-electron chi connectivity index (χ1n) is 12.1. The van der Waals surface area contributed by atoms with Gasteiger partial charge >= 0.3 is 0 Å². The number of nitrogens with zero attached hydrogens (tertiary/aromatic N) is 2. The normalized spacial score (nSPS) is 12.1. The van der Waals surface area contributed by atoms with Gasteiger partial charge in [-0.25, -0.2) is 4.98 Å². The van der Waals surface area contributed by atoms with Crippen molar-refractivity contribution in [3.05, 3.63) is 95.8 Å². The first-order valence-corrected chi connectivity index (χ1v) is 12.1. The Morgan fingerprint density at radius 3 is 2.26 bits per heavy atom. The molecule has 3 aromatic carbocycles. The van der Waals surface area contributed by atoms with Crippen LogP contribution in [0.4, 0.5) is 0 Å². The maximum atomic E-state index is 6.27. The summed E-state index contributed by atoms with van der Waals surface area (Å²) in [5, 5.41) is 4.66. The summed E-state index contributed by atoms with van der Waals surface area (Å²) >= 11 is 0. The standard InChI is InChI=1S/C32H28N2O/c1-19-18-33-29(26-12-8-11-24-25-14-13-20(2)34-31(25)35-30(24)26)17-27(19)22-15-16-28(32(3,4)5)23-10-7-6-9-21(22)23/h6-18H,1-5H3. The van der Waals surface area contributed by atoms with Crippen molar-refractivity contribution in [1.29, 1.82) is 0 Å². The second kappa shape index (κ2) is 7.78. The van der Waals surface area contributed by atoms with Gasteiger partial charge in [-0.05, 0) is 76.6 Å². The van der Waals surface area contributed by atoms with Crippen LogP contribution in [-0.2, 0) is 5.41 Å². The number of hydrogen-bond donors (Lipinski definition) is 0. The van der Waals surface area contributed by atoms with Crippen molar-refractivity contribution in [3.63, 3.8) is 0 Å². The van der Waals surface area contributed by atoms with Gasteiger partial charge in [0.1, 0.15) is 5.58 Å². The van der Waals surface area contributed by atoms with Crippen LogP contribution in [0.15, 0.2) is 83.4 Å². The molecule has 0 N–H and O–H groups in total. The Balaban J connectivity index is 1.58. The highest BCUT2D eigenvalue weighted by Gasteiger charge is 2.20. The highest BCUT2D eigenvalue weighted by molar-refractivity contribution is 6.08. The lowest BCUT2D eigenvalue weighted by Crippen LogP contribution is -2.11. The highest BCUT2D eigenvalue weighted by Crippen LogP contribution is 2.39. The number of rotatable bonds is 2. The van der Waals surface area contributed by atoms with Crippen LogP contribution in [-0.4, -0.2) is 9.97 Å². The number of benzene rings is 3. The van der Waals surface area contributed by atoms with Gasteiger partial charge in [-0.3, -0.25) is 4.98 Å². The van der Waals surface area contributed by atoms with Crippen molar-refractivity contribution in [2.75, 3.05) is 0 Å². The van der Waals surface area contributed by atoms with Gasteiger partial charge in [0.05, 0.1) is 5.69 Å². The minimum atomic E-state index is 0.0694. The summed E-state index contributed by atoms with van der Waals surface area (Å²) in [7, 11) is 0. The van der Waals surface area contributed by atoms with Crippen LogP contribution in [0.2, 0.25) is 0 Å². The molecule has 35 heavy (non-hydrogen) atoms. The Hall–Kier alpha value is -3.98. The van der Waals surface area contributed by atoms with Gasteiger partial charge in [0.15, 0.2) is 0 Å². The number of pyridine rings is 2. The van der Waals surface area contributed by atoms with Gasteiger partial charge in [-0.1, -0.05) is 69.3 Å². The summed E-state index contributed by atoms with van der Waals surface area (Å²) in [4.78, 5) is 9.43. The minimum Gasteiger partial charge on any atom is -0.437 e. The topological polar surface area (TPSA) is 38.9 Å². The van der Waals surface area contributed by atoms with E-state index in [0.29, 0.717) is 5.71 Å². The first-order chi connectivity index (χ1) is 16.8. The Labute approximate surface area is 205 Å². The second-order valence-electron chi connectivity index (χ2n) is 10.4. The number of para-hydroxylation sites is 1. The van der Waals surface area contributed by atoms with E-state index in [1.165, 1.54) is 27.5 Å². The summed E-state index contributed by atoms with van der Waals surface area (Å²) in [5.41, 5.74) is 9.32. The summed E-state index contributed by atoms with van der Waals surface area (Å²) in [6, 6.07) is 25.8. The third-order valence-electron chi connectivity index (χ3n) is 6.90. The number of aryl methyl sites for hydroxylation is 2. The molecule has 172 valence electrons. The predicted octanol–water partition coefficient (Wildman–Crippen LogP) is 8.78. The smallest absolute Gasteiger partial charge is 0.227 e. The van der Waals surface area contributed by atoms with Crippen LogP contribution in [0, 0.1) is 13.8 Å². The zero-order valence-corrected chi connectivity index (χ0v) is 20.8. The molecular weight excluding hydrogens is 428 g/mol. The van der Waals surface area contributed by atoms with Gasteiger partial charge in [-0.2, -0.15) is 0 Å². The van der Waals surface area contributed by atoms with E-state index in [-0.39, 0.29) is 5.41 Å². The van der Waals surface area contributed by atoms with E-state index in [2.05, 4.69) is 99.4 Å². The van der Waals surface area contributed by atoms with E-state index >= 15 is 0 Å². The third kappa shape index (κ3) is 3.50. The SMILES string of the molecule is Cc1ccc2c(n1)oc1c(-c3cc(-c4ccc(C(C)(C)C)c5ccccc45)c(C)cn3)cccc12. The van der Waals surface area contributed by atoms with Crippen molar-refractivity contribution >= 4 is 32.8 Å². The molecule has 3 heterocycles. The van der Waals surface area contributed by atoms with Crippen LogP contribution in [0.5, 0.6) is 0 Å². The molecule has 3 heteroatoms. The average Bonchev–Trinajstić information content (AvgIpc) is 3.21. The molecular formula is C32H28N2O. The molecule has 0 aliphatic heterocycles. The lowest BCUT2D eigenvalue weighted by atomic mass is 9.81. The van der Waals surface area contributed by atoms with Crippen molar-refractivity contribution in [2.45, 2.75) is 40.0 Å². The summed E-state index contributed by atoms with van der Waals surface area (Å²) < 4.78 is 6.27. The molecule has 0 radical (unpaired) electrons. The number of aromatic nitrogens is 2. The fraction of sp³-hybridized carbons (Fsp3) is 0.188. The number of fused-ring (bicyclic) bond motifs is 4. The number of furan rings is 1. The fourth-order valence-corrected chi connectivity index (χ4v) is 5.12. The Morgan fingerprint density at radius 2 is 1.46 bits per heavy atom. The Kier molecular flexibility index (Phi) is 4.79. The van der Waals surface area contributed by atoms with Gasteiger partial charge in [-0.15, -0.1) is 0 Å².